The van der Waals surface area contributed by atoms with E-state index in [1.807, 2.05) is 0 Å². The van der Waals surface area contributed by atoms with E-state index >= 15 is 0 Å². The molecule has 19 nitrogen and oxygen atoms in total. The number of carbonyl (C=O) groups is 9. The van der Waals surface area contributed by atoms with Crippen molar-refractivity contribution in [3.05, 3.63) is 35.9 Å². The average molecular weight is 678 g/mol. The Balaban J connectivity index is 2.94. The third-order valence-corrected chi connectivity index (χ3v) is 6.64. The molecule has 0 fully saturated rings. The lowest BCUT2D eigenvalue weighted by Gasteiger charge is -2.23. The number of nitrogens with one attached hydrogen (secondary N) is 6. The van der Waals surface area contributed by atoms with Gasteiger partial charge in [-0.2, -0.15) is 0 Å². The number of carbonyl (C=O) groups excluding carboxylic acids is 9. The van der Waals surface area contributed by atoms with Gasteiger partial charge in [-0.15, -0.1) is 0 Å². The van der Waals surface area contributed by atoms with Crippen LogP contribution in [0.25, 0.3) is 0 Å². The first-order valence-corrected chi connectivity index (χ1v) is 14.8. The van der Waals surface area contributed by atoms with Gasteiger partial charge in [-0.25, -0.2) is 0 Å². The van der Waals surface area contributed by atoms with Gasteiger partial charge in [-0.1, -0.05) is 30.3 Å². The molecule has 1 aromatic carbocycles. The van der Waals surface area contributed by atoms with Gasteiger partial charge in [-0.3, -0.25) is 38.4 Å². The highest BCUT2D eigenvalue weighted by molar-refractivity contribution is 5.96. The van der Waals surface area contributed by atoms with Crippen LogP contribution in [0, 0.1) is 0 Å². The summed E-state index contributed by atoms with van der Waals surface area (Å²) in [5.41, 5.74) is 16.8. The minimum Gasteiger partial charge on any atom is -0.394 e. The molecule has 19 heteroatoms. The van der Waals surface area contributed by atoms with Crippen LogP contribution in [0.5, 0.6) is 0 Å². The molecule has 48 heavy (non-hydrogen) atoms. The van der Waals surface area contributed by atoms with Crippen LogP contribution in [-0.2, 0) is 49.6 Å². The van der Waals surface area contributed by atoms with Gasteiger partial charge in [0.2, 0.25) is 47.3 Å². The highest BCUT2D eigenvalue weighted by Gasteiger charge is 2.29. The van der Waals surface area contributed by atoms with Crippen LogP contribution in [-0.4, -0.2) is 109 Å². The molecule has 0 aromatic heterocycles. The van der Waals surface area contributed by atoms with Gasteiger partial charge in [0.25, 0.3) is 0 Å². The van der Waals surface area contributed by atoms with E-state index in [9.17, 15) is 48.3 Å². The van der Waals surface area contributed by atoms with Crippen molar-refractivity contribution in [1.29, 1.82) is 0 Å². The molecule has 1 aromatic rings. The average Bonchev–Trinajstić information content (AvgIpc) is 3.05. The predicted octanol–water partition coefficient (Wildman–Crippen LogP) is -5.53. The number of rotatable bonds is 22. The Morgan fingerprint density at radius 2 is 1.31 bits per heavy atom. The van der Waals surface area contributed by atoms with Gasteiger partial charge in [0.1, 0.15) is 30.5 Å². The van der Waals surface area contributed by atoms with Gasteiger partial charge >= 0.3 is 0 Å². The fourth-order valence-electron chi connectivity index (χ4n) is 4.00. The van der Waals surface area contributed by atoms with Crippen LogP contribution in [0.1, 0.15) is 38.2 Å². The van der Waals surface area contributed by atoms with Crippen molar-refractivity contribution in [3.63, 3.8) is 0 Å². The minimum atomic E-state index is -1.58. The maximum absolute atomic E-state index is 13.1. The topological polar surface area (TPSA) is 324 Å². The standard InChI is InChI=1S/C29H43N9O10/c1-16(25(44)33-11-12-39)35-29(48)21(15-40)38-28(47)19(8-10-23(32)42)36-24(43)14-34-27(46)20(13-17-5-3-2-4-6-17)37-26(45)18(30)7-9-22(31)41/h2-6,12,16,18-21,40H,7-11,13-15,30H2,1H3,(H2,31,41)(H2,32,42)(H,33,44)(H,34,46)(H,35,48)(H,36,43)(H,37,45)(H,38,47)/t16-,18-,19-,20-,21-/m0/s1. The molecule has 8 amide bonds. The number of hydrogen-bond acceptors (Lipinski definition) is 11. The molecule has 0 aliphatic carbocycles. The zero-order valence-corrected chi connectivity index (χ0v) is 26.4. The molecule has 5 atom stereocenters. The molecule has 0 aliphatic heterocycles. The summed E-state index contributed by atoms with van der Waals surface area (Å²) in [5.74, 6) is -6.56. The second kappa shape index (κ2) is 21.4. The molecule has 264 valence electrons. The van der Waals surface area contributed by atoms with Crippen LogP contribution in [0.15, 0.2) is 30.3 Å². The highest BCUT2D eigenvalue weighted by Crippen LogP contribution is 2.05. The Hall–Kier alpha value is -5.43. The number of aldehydes is 1. The zero-order chi connectivity index (χ0) is 36.2. The molecule has 0 spiro atoms. The van der Waals surface area contributed by atoms with Crippen molar-refractivity contribution >= 4 is 53.5 Å². The summed E-state index contributed by atoms with van der Waals surface area (Å²) in [4.78, 5) is 109. The van der Waals surface area contributed by atoms with Crippen molar-refractivity contribution in [1.82, 2.24) is 31.9 Å². The smallest absolute Gasteiger partial charge is 0.245 e. The number of aliphatic hydroxyl groups is 1. The van der Waals surface area contributed by atoms with E-state index in [-0.39, 0.29) is 38.6 Å². The molecule has 0 heterocycles. The van der Waals surface area contributed by atoms with E-state index in [1.165, 1.54) is 6.92 Å². The summed E-state index contributed by atoms with van der Waals surface area (Å²) in [6.07, 6.45) is -0.461. The molecular weight excluding hydrogens is 634 g/mol. The van der Waals surface area contributed by atoms with Crippen molar-refractivity contribution in [3.8, 4) is 0 Å². The number of primary amides is 2. The normalized spacial score (nSPS) is 13.6. The molecule has 0 saturated heterocycles. The second-order valence-corrected chi connectivity index (χ2v) is 10.6. The fourth-order valence-corrected chi connectivity index (χ4v) is 4.00. The lowest BCUT2D eigenvalue weighted by Crippen LogP contribution is -2.58. The summed E-state index contributed by atoms with van der Waals surface area (Å²) >= 11 is 0. The van der Waals surface area contributed by atoms with Crippen molar-refractivity contribution < 1.29 is 48.3 Å². The van der Waals surface area contributed by atoms with Crippen LogP contribution in [0.2, 0.25) is 0 Å². The monoisotopic (exact) mass is 677 g/mol. The van der Waals surface area contributed by atoms with E-state index in [2.05, 4.69) is 31.9 Å². The Kier molecular flexibility index (Phi) is 18.1. The lowest BCUT2D eigenvalue weighted by atomic mass is 10.0. The second-order valence-electron chi connectivity index (χ2n) is 10.6. The summed E-state index contributed by atoms with van der Waals surface area (Å²) in [5, 5.41) is 23.6. The number of nitrogens with two attached hydrogens (primary N) is 3. The number of amides is 8. The largest absolute Gasteiger partial charge is 0.394 e. The molecular formula is C29H43N9O10. The lowest BCUT2D eigenvalue weighted by molar-refractivity contribution is -0.135. The SMILES string of the molecule is C[C@H](NC(=O)[C@H](CO)NC(=O)[C@H](CCC(N)=O)NC(=O)CNC(=O)[C@H](Cc1ccccc1)NC(=O)[C@@H](N)CCC(N)=O)C(=O)NCC=O. The highest BCUT2D eigenvalue weighted by atomic mass is 16.3. The Morgan fingerprint density at radius 1 is 0.729 bits per heavy atom. The summed E-state index contributed by atoms with van der Waals surface area (Å²) in [6, 6.07) is 2.06. The van der Waals surface area contributed by atoms with Crippen molar-refractivity contribution in [2.45, 2.75) is 69.2 Å². The van der Waals surface area contributed by atoms with Crippen LogP contribution in [0.3, 0.4) is 0 Å². The quantitative estimate of drug-likeness (QED) is 0.0516. The van der Waals surface area contributed by atoms with Crippen LogP contribution < -0.4 is 49.1 Å². The van der Waals surface area contributed by atoms with E-state index in [0.717, 1.165) is 0 Å². The Bertz CT molecular complexity index is 1310. The predicted molar refractivity (Wildman–Crippen MR) is 168 cm³/mol. The summed E-state index contributed by atoms with van der Waals surface area (Å²) < 4.78 is 0. The molecule has 0 bridgehead atoms. The number of aliphatic hydroxyl groups excluding tert-OH is 1. The van der Waals surface area contributed by atoms with Crippen LogP contribution >= 0.6 is 0 Å². The third-order valence-electron chi connectivity index (χ3n) is 6.64. The Morgan fingerprint density at radius 3 is 1.90 bits per heavy atom. The molecule has 13 N–H and O–H groups in total. The fraction of sp³-hybridized carbons (Fsp3) is 0.483. The van der Waals surface area contributed by atoms with Gasteiger partial charge in [-0.05, 0) is 25.3 Å². The van der Waals surface area contributed by atoms with E-state index in [1.54, 1.807) is 30.3 Å². The van der Waals surface area contributed by atoms with Gasteiger partial charge < -0.3 is 59.0 Å². The summed E-state index contributed by atoms with van der Waals surface area (Å²) in [6.45, 7) is -0.596. The first-order valence-electron chi connectivity index (χ1n) is 14.8. The van der Waals surface area contributed by atoms with Gasteiger partial charge in [0, 0.05) is 19.3 Å². The van der Waals surface area contributed by atoms with Crippen molar-refractivity contribution in [2.75, 3.05) is 19.7 Å². The van der Waals surface area contributed by atoms with Crippen molar-refractivity contribution in [2.24, 2.45) is 17.2 Å². The molecule has 0 aliphatic rings. The maximum atomic E-state index is 13.1. The maximum Gasteiger partial charge on any atom is 0.245 e. The van der Waals surface area contributed by atoms with Crippen LogP contribution in [0.4, 0.5) is 0 Å². The van der Waals surface area contributed by atoms with Gasteiger partial charge in [0.15, 0.2) is 0 Å². The third kappa shape index (κ3) is 15.7. The first kappa shape index (κ1) is 40.6. The van der Waals surface area contributed by atoms with E-state index < -0.39 is 90.6 Å². The van der Waals surface area contributed by atoms with E-state index in [4.69, 9.17) is 17.2 Å². The molecule has 0 radical (unpaired) electrons. The number of hydrogen-bond donors (Lipinski definition) is 10. The summed E-state index contributed by atoms with van der Waals surface area (Å²) in [7, 11) is 0. The molecule has 0 saturated carbocycles. The number of benzene rings is 1. The first-order chi connectivity index (χ1) is 22.7. The molecule has 1 rings (SSSR count). The van der Waals surface area contributed by atoms with Gasteiger partial charge in [0.05, 0.1) is 25.7 Å². The zero-order valence-electron chi connectivity index (χ0n) is 26.4. The molecule has 0 unspecified atom stereocenters. The minimum absolute atomic E-state index is 0.00813. The van der Waals surface area contributed by atoms with E-state index in [0.29, 0.717) is 11.8 Å². The Labute approximate surface area is 275 Å².